The normalized spacial score (nSPS) is 18.2. The molecule has 0 heterocycles. The van der Waals surface area contributed by atoms with Gasteiger partial charge in [0.25, 0.3) is 0 Å². The topological polar surface area (TPSA) is 0 Å². The standard InChI is InChI=1S/C9H12.2C2H6/c1-2-5-9-7-3-6-8(9)4-1;2*1-2/h1,4H,2-3,5-7H2;2*1-2H3. The summed E-state index contributed by atoms with van der Waals surface area (Å²) in [5.74, 6) is 0. The summed E-state index contributed by atoms with van der Waals surface area (Å²) in [5.41, 5.74) is 3.40. The van der Waals surface area contributed by atoms with Gasteiger partial charge in [0, 0.05) is 0 Å². The fourth-order valence-corrected chi connectivity index (χ4v) is 1.80. The van der Waals surface area contributed by atoms with Crippen LogP contribution in [0.4, 0.5) is 0 Å². The lowest BCUT2D eigenvalue weighted by atomic mass is 10.0. The van der Waals surface area contributed by atoms with Crippen LogP contribution in [-0.2, 0) is 0 Å². The van der Waals surface area contributed by atoms with Gasteiger partial charge >= 0.3 is 0 Å². The Labute approximate surface area is 83.7 Å². The average Bonchev–Trinajstić information content (AvgIpc) is 2.71. The van der Waals surface area contributed by atoms with Crippen molar-refractivity contribution in [1.29, 1.82) is 0 Å². The molecule has 76 valence electrons. The van der Waals surface area contributed by atoms with E-state index in [1.807, 2.05) is 27.7 Å². The maximum atomic E-state index is 2.33. The molecule has 2 aliphatic carbocycles. The zero-order valence-corrected chi connectivity index (χ0v) is 9.69. The molecule has 13 heavy (non-hydrogen) atoms. The maximum absolute atomic E-state index is 2.33. The molecule has 0 aromatic carbocycles. The summed E-state index contributed by atoms with van der Waals surface area (Å²) in [6.07, 6.45) is 11.4. The minimum atomic E-state index is 1.29. The predicted molar refractivity (Wildman–Crippen MR) is 61.9 cm³/mol. The second-order valence-electron chi connectivity index (χ2n) is 2.92. The van der Waals surface area contributed by atoms with Crippen molar-refractivity contribution in [3.8, 4) is 0 Å². The first-order chi connectivity index (χ1) is 6.47. The Morgan fingerprint density at radius 2 is 1.62 bits per heavy atom. The molecule has 2 rings (SSSR count). The highest BCUT2D eigenvalue weighted by atomic mass is 14.2. The summed E-state index contributed by atoms with van der Waals surface area (Å²) in [5, 5.41) is 0. The molecular formula is C13H24. The summed E-state index contributed by atoms with van der Waals surface area (Å²) in [6.45, 7) is 8.00. The monoisotopic (exact) mass is 180 g/mol. The Hall–Kier alpha value is -0.520. The second kappa shape index (κ2) is 8.10. The van der Waals surface area contributed by atoms with Crippen LogP contribution in [0.1, 0.15) is 59.8 Å². The van der Waals surface area contributed by atoms with Crippen molar-refractivity contribution in [1.82, 2.24) is 0 Å². The summed E-state index contributed by atoms with van der Waals surface area (Å²) >= 11 is 0. The average molecular weight is 180 g/mol. The van der Waals surface area contributed by atoms with Crippen LogP contribution < -0.4 is 0 Å². The first-order valence-corrected chi connectivity index (χ1v) is 5.84. The molecule has 2 aliphatic rings. The molecule has 0 heteroatoms. The molecule has 0 bridgehead atoms. The van der Waals surface area contributed by atoms with Crippen molar-refractivity contribution in [2.45, 2.75) is 59.8 Å². The highest BCUT2D eigenvalue weighted by Gasteiger charge is 2.13. The molecule has 0 spiro atoms. The molecule has 0 radical (unpaired) electrons. The van der Waals surface area contributed by atoms with Gasteiger partial charge in [0.15, 0.2) is 0 Å². The van der Waals surface area contributed by atoms with Crippen LogP contribution in [0.2, 0.25) is 0 Å². The van der Waals surface area contributed by atoms with E-state index >= 15 is 0 Å². The van der Waals surface area contributed by atoms with E-state index in [0.29, 0.717) is 0 Å². The fourth-order valence-electron chi connectivity index (χ4n) is 1.80. The Morgan fingerprint density at radius 3 is 2.23 bits per heavy atom. The van der Waals surface area contributed by atoms with Crippen molar-refractivity contribution in [2.24, 2.45) is 0 Å². The van der Waals surface area contributed by atoms with Crippen LogP contribution in [0.3, 0.4) is 0 Å². The summed E-state index contributed by atoms with van der Waals surface area (Å²) in [6, 6.07) is 0. The van der Waals surface area contributed by atoms with E-state index in [2.05, 4.69) is 12.2 Å². The van der Waals surface area contributed by atoms with Crippen LogP contribution in [0, 0.1) is 0 Å². The Kier molecular flexibility index (Phi) is 7.77. The summed E-state index contributed by atoms with van der Waals surface area (Å²) < 4.78 is 0. The van der Waals surface area contributed by atoms with Gasteiger partial charge in [-0.2, -0.15) is 0 Å². The Morgan fingerprint density at radius 1 is 0.923 bits per heavy atom. The first kappa shape index (κ1) is 12.5. The molecule has 0 saturated carbocycles. The number of rotatable bonds is 0. The molecular weight excluding hydrogens is 156 g/mol. The third-order valence-electron chi connectivity index (χ3n) is 2.31. The zero-order chi connectivity index (χ0) is 10.1. The van der Waals surface area contributed by atoms with Crippen LogP contribution >= 0.6 is 0 Å². The van der Waals surface area contributed by atoms with Gasteiger partial charge in [0.05, 0.1) is 0 Å². The third kappa shape index (κ3) is 3.80. The molecule has 0 N–H and O–H groups in total. The first-order valence-electron chi connectivity index (χ1n) is 5.84. The molecule has 0 nitrogen and oxygen atoms in total. The largest absolute Gasteiger partial charge is 0.0839 e. The van der Waals surface area contributed by atoms with Crippen molar-refractivity contribution in [3.63, 3.8) is 0 Å². The zero-order valence-electron chi connectivity index (χ0n) is 9.69. The number of hydrogen-bond acceptors (Lipinski definition) is 0. The van der Waals surface area contributed by atoms with Gasteiger partial charge in [-0.3, -0.25) is 0 Å². The van der Waals surface area contributed by atoms with Crippen molar-refractivity contribution in [2.75, 3.05) is 0 Å². The lowest BCUT2D eigenvalue weighted by Crippen LogP contribution is -1.85. The quantitative estimate of drug-likeness (QED) is 0.499. The maximum Gasteiger partial charge on any atom is -0.0276 e. The molecule has 0 fully saturated rings. The number of allylic oxidation sites excluding steroid dienone is 4. The van der Waals surface area contributed by atoms with E-state index < -0.39 is 0 Å². The van der Waals surface area contributed by atoms with E-state index in [4.69, 9.17) is 0 Å². The Balaban J connectivity index is 0.000000322. The van der Waals surface area contributed by atoms with E-state index in [0.717, 1.165) is 0 Å². The molecule has 0 aliphatic heterocycles. The van der Waals surface area contributed by atoms with E-state index in [9.17, 15) is 0 Å². The van der Waals surface area contributed by atoms with Crippen LogP contribution in [0.25, 0.3) is 0 Å². The van der Waals surface area contributed by atoms with Gasteiger partial charge in [-0.1, -0.05) is 45.4 Å². The van der Waals surface area contributed by atoms with Crippen molar-refractivity contribution >= 4 is 0 Å². The van der Waals surface area contributed by atoms with E-state index in [1.165, 1.54) is 32.1 Å². The van der Waals surface area contributed by atoms with E-state index in [-0.39, 0.29) is 0 Å². The Bertz CT molecular complexity index is 172. The van der Waals surface area contributed by atoms with Gasteiger partial charge in [-0.15, -0.1) is 0 Å². The number of hydrogen-bond donors (Lipinski definition) is 0. The smallest absolute Gasteiger partial charge is 0.0276 e. The van der Waals surface area contributed by atoms with E-state index in [1.54, 1.807) is 11.1 Å². The van der Waals surface area contributed by atoms with Gasteiger partial charge in [0.2, 0.25) is 0 Å². The fraction of sp³-hybridized carbons (Fsp3) is 0.692. The molecule has 0 aromatic rings. The van der Waals surface area contributed by atoms with Gasteiger partial charge < -0.3 is 0 Å². The SMILES string of the molecule is C1=CC2=C(CC1)CCC2.CC.CC. The minimum absolute atomic E-state index is 1.29. The summed E-state index contributed by atoms with van der Waals surface area (Å²) in [4.78, 5) is 0. The second-order valence-corrected chi connectivity index (χ2v) is 2.92. The summed E-state index contributed by atoms with van der Waals surface area (Å²) in [7, 11) is 0. The molecule has 0 aromatic heterocycles. The van der Waals surface area contributed by atoms with Crippen LogP contribution in [-0.4, -0.2) is 0 Å². The highest BCUT2D eigenvalue weighted by Crippen LogP contribution is 2.32. The van der Waals surface area contributed by atoms with Gasteiger partial charge in [0.1, 0.15) is 0 Å². The molecule has 0 saturated heterocycles. The van der Waals surface area contributed by atoms with Crippen molar-refractivity contribution in [3.05, 3.63) is 23.3 Å². The molecule has 0 amide bonds. The lowest BCUT2D eigenvalue weighted by Gasteiger charge is -2.05. The third-order valence-corrected chi connectivity index (χ3v) is 2.31. The molecule has 0 unspecified atom stereocenters. The van der Waals surface area contributed by atoms with Crippen LogP contribution in [0.5, 0.6) is 0 Å². The van der Waals surface area contributed by atoms with Gasteiger partial charge in [-0.05, 0) is 37.7 Å². The van der Waals surface area contributed by atoms with Crippen LogP contribution in [0.15, 0.2) is 23.3 Å². The molecule has 0 atom stereocenters. The highest BCUT2D eigenvalue weighted by molar-refractivity contribution is 5.32. The lowest BCUT2D eigenvalue weighted by molar-refractivity contribution is 0.858. The van der Waals surface area contributed by atoms with Crippen molar-refractivity contribution < 1.29 is 0 Å². The minimum Gasteiger partial charge on any atom is -0.0839 e. The predicted octanol–water partition coefficient (Wildman–Crippen LogP) is 4.87. The van der Waals surface area contributed by atoms with Gasteiger partial charge in [-0.25, -0.2) is 0 Å².